The number of nitrogens with zero attached hydrogens (tertiary/aromatic N) is 2. The highest BCUT2D eigenvalue weighted by Gasteiger charge is 2.30. The van der Waals surface area contributed by atoms with Crippen LogP contribution in [-0.4, -0.2) is 34.6 Å². The molecule has 0 radical (unpaired) electrons. The molecule has 6 heteroatoms. The Morgan fingerprint density at radius 1 is 1.40 bits per heavy atom. The van der Waals surface area contributed by atoms with Crippen LogP contribution >= 0.6 is 0 Å². The molecular formula is C14H15FN2O3. The largest absolute Gasteiger partial charge is 0.392 e. The smallest absolute Gasteiger partial charge is 0.235 e. The van der Waals surface area contributed by atoms with Crippen molar-refractivity contribution in [2.24, 2.45) is 0 Å². The van der Waals surface area contributed by atoms with Gasteiger partial charge in [-0.05, 0) is 25.0 Å². The molecule has 0 aliphatic carbocycles. The van der Waals surface area contributed by atoms with E-state index in [1.165, 1.54) is 6.07 Å². The van der Waals surface area contributed by atoms with Gasteiger partial charge < -0.3 is 14.4 Å². The number of benzene rings is 1. The molecular weight excluding hydrogens is 263 g/mol. The van der Waals surface area contributed by atoms with Crippen LogP contribution in [0.5, 0.6) is 0 Å². The minimum absolute atomic E-state index is 0.310. The summed E-state index contributed by atoms with van der Waals surface area (Å²) in [6.07, 6.45) is -0.00606. The zero-order chi connectivity index (χ0) is 14.1. The lowest BCUT2D eigenvalue weighted by atomic mass is 9.99. The third-order valence-electron chi connectivity index (χ3n) is 3.51. The predicted octanol–water partition coefficient (Wildman–Crippen LogP) is 2.05. The Hall–Kier alpha value is -1.79. The number of hydrogen-bond donors (Lipinski definition) is 1. The molecule has 106 valence electrons. The van der Waals surface area contributed by atoms with E-state index in [-0.39, 0.29) is 11.7 Å². The van der Waals surface area contributed by atoms with Crippen LogP contribution in [0.2, 0.25) is 0 Å². The second kappa shape index (κ2) is 5.30. The standard InChI is InChI=1S/C14H15FN2O3/c1-8-2-3-9(6-11(8)15)13-16-14(20-17-13)10-7-19-5-4-12(10)18/h2-3,6,10,12,18H,4-5,7H2,1H3. The van der Waals surface area contributed by atoms with Crippen molar-refractivity contribution >= 4 is 0 Å². The third-order valence-corrected chi connectivity index (χ3v) is 3.51. The molecule has 2 atom stereocenters. The van der Waals surface area contributed by atoms with Gasteiger partial charge in [-0.2, -0.15) is 4.98 Å². The summed E-state index contributed by atoms with van der Waals surface area (Å²) in [4.78, 5) is 4.24. The van der Waals surface area contributed by atoms with Gasteiger partial charge in [0.05, 0.1) is 18.6 Å². The van der Waals surface area contributed by atoms with Crippen LogP contribution in [0.1, 0.15) is 23.8 Å². The van der Waals surface area contributed by atoms with E-state index in [0.29, 0.717) is 42.5 Å². The van der Waals surface area contributed by atoms with Crippen LogP contribution in [0.3, 0.4) is 0 Å². The number of aliphatic hydroxyl groups excluding tert-OH is 1. The Morgan fingerprint density at radius 3 is 3.00 bits per heavy atom. The number of hydrogen-bond acceptors (Lipinski definition) is 5. The summed E-state index contributed by atoms with van der Waals surface area (Å²) in [5, 5.41) is 13.8. The molecule has 1 aliphatic rings. The molecule has 0 spiro atoms. The van der Waals surface area contributed by atoms with Gasteiger partial charge in [-0.25, -0.2) is 4.39 Å². The molecule has 5 nitrogen and oxygen atoms in total. The normalized spacial score (nSPS) is 22.9. The van der Waals surface area contributed by atoms with Gasteiger partial charge >= 0.3 is 0 Å². The quantitative estimate of drug-likeness (QED) is 0.910. The predicted molar refractivity (Wildman–Crippen MR) is 68.6 cm³/mol. The molecule has 1 saturated heterocycles. The molecule has 3 rings (SSSR count). The summed E-state index contributed by atoms with van der Waals surface area (Å²) < 4.78 is 24.0. The minimum atomic E-state index is -0.549. The van der Waals surface area contributed by atoms with Gasteiger partial charge in [0.2, 0.25) is 11.7 Å². The average Bonchev–Trinajstić information content (AvgIpc) is 2.92. The van der Waals surface area contributed by atoms with Crippen molar-refractivity contribution in [2.45, 2.75) is 25.4 Å². The monoisotopic (exact) mass is 278 g/mol. The molecule has 2 aromatic rings. The zero-order valence-electron chi connectivity index (χ0n) is 11.0. The van der Waals surface area contributed by atoms with E-state index in [1.54, 1.807) is 19.1 Å². The third kappa shape index (κ3) is 2.44. The first-order valence-electron chi connectivity index (χ1n) is 6.51. The molecule has 0 bridgehead atoms. The van der Waals surface area contributed by atoms with Gasteiger partial charge in [0.25, 0.3) is 0 Å². The lowest BCUT2D eigenvalue weighted by Crippen LogP contribution is -2.30. The molecule has 1 N–H and O–H groups in total. The van der Waals surface area contributed by atoms with Crippen LogP contribution in [0.25, 0.3) is 11.4 Å². The van der Waals surface area contributed by atoms with Crippen LogP contribution in [0.15, 0.2) is 22.7 Å². The van der Waals surface area contributed by atoms with Crippen LogP contribution < -0.4 is 0 Å². The summed E-state index contributed by atoms with van der Waals surface area (Å²) >= 11 is 0. The molecule has 2 unspecified atom stereocenters. The van der Waals surface area contributed by atoms with Crippen LogP contribution in [0, 0.1) is 12.7 Å². The van der Waals surface area contributed by atoms with Crippen molar-refractivity contribution in [3.8, 4) is 11.4 Å². The van der Waals surface area contributed by atoms with Gasteiger partial charge in [0.15, 0.2) is 0 Å². The van der Waals surface area contributed by atoms with E-state index in [9.17, 15) is 9.50 Å². The maximum absolute atomic E-state index is 13.5. The number of aryl methyl sites for hydroxylation is 1. The highest BCUT2D eigenvalue weighted by Crippen LogP contribution is 2.27. The van der Waals surface area contributed by atoms with Crippen LogP contribution in [0.4, 0.5) is 4.39 Å². The molecule has 1 aliphatic heterocycles. The first-order chi connectivity index (χ1) is 9.65. The SMILES string of the molecule is Cc1ccc(-c2noc(C3COCCC3O)n2)cc1F. The number of halogens is 1. The van der Waals surface area contributed by atoms with Crippen molar-refractivity contribution in [2.75, 3.05) is 13.2 Å². The minimum Gasteiger partial charge on any atom is -0.392 e. The van der Waals surface area contributed by atoms with Gasteiger partial charge in [-0.15, -0.1) is 0 Å². The number of aromatic nitrogens is 2. The van der Waals surface area contributed by atoms with Crippen molar-refractivity contribution in [3.05, 3.63) is 35.5 Å². The Balaban J connectivity index is 1.87. The first-order valence-corrected chi connectivity index (χ1v) is 6.51. The van der Waals surface area contributed by atoms with E-state index in [4.69, 9.17) is 9.26 Å². The van der Waals surface area contributed by atoms with E-state index < -0.39 is 6.10 Å². The highest BCUT2D eigenvalue weighted by atomic mass is 19.1. The molecule has 1 fully saturated rings. The maximum Gasteiger partial charge on any atom is 0.235 e. The Bertz CT molecular complexity index is 614. The lowest BCUT2D eigenvalue weighted by molar-refractivity contribution is -0.0149. The molecule has 0 saturated carbocycles. The first kappa shape index (κ1) is 13.2. The summed E-state index contributed by atoms with van der Waals surface area (Å²) in [5.74, 6) is 0.0139. The van der Waals surface area contributed by atoms with E-state index >= 15 is 0 Å². The Kier molecular flexibility index (Phi) is 3.50. The van der Waals surface area contributed by atoms with Crippen molar-refractivity contribution in [1.29, 1.82) is 0 Å². The van der Waals surface area contributed by atoms with Crippen LogP contribution in [-0.2, 0) is 4.74 Å². The molecule has 20 heavy (non-hydrogen) atoms. The number of rotatable bonds is 2. The fraction of sp³-hybridized carbons (Fsp3) is 0.429. The molecule has 1 aromatic carbocycles. The summed E-state index contributed by atoms with van der Waals surface area (Å²) in [5.41, 5.74) is 1.11. The number of aliphatic hydroxyl groups is 1. The fourth-order valence-corrected chi connectivity index (χ4v) is 2.20. The zero-order valence-corrected chi connectivity index (χ0v) is 11.0. The van der Waals surface area contributed by atoms with Gasteiger partial charge in [0, 0.05) is 12.2 Å². The van der Waals surface area contributed by atoms with E-state index in [0.717, 1.165) is 0 Å². The van der Waals surface area contributed by atoms with Gasteiger partial charge in [0.1, 0.15) is 5.82 Å². The van der Waals surface area contributed by atoms with E-state index in [2.05, 4.69) is 10.1 Å². The second-order valence-corrected chi connectivity index (χ2v) is 4.96. The van der Waals surface area contributed by atoms with Crippen molar-refractivity contribution < 1.29 is 18.8 Å². The molecule has 0 amide bonds. The lowest BCUT2D eigenvalue weighted by Gasteiger charge is -2.24. The summed E-state index contributed by atoms with van der Waals surface area (Å²) in [6.45, 7) is 2.57. The Labute approximate surface area is 115 Å². The van der Waals surface area contributed by atoms with Gasteiger partial charge in [-0.3, -0.25) is 0 Å². The summed E-state index contributed by atoms with van der Waals surface area (Å²) in [6, 6.07) is 4.78. The maximum atomic E-state index is 13.5. The average molecular weight is 278 g/mol. The Morgan fingerprint density at radius 2 is 2.25 bits per heavy atom. The fourth-order valence-electron chi connectivity index (χ4n) is 2.20. The van der Waals surface area contributed by atoms with Crippen molar-refractivity contribution in [3.63, 3.8) is 0 Å². The number of ether oxygens (including phenoxy) is 1. The van der Waals surface area contributed by atoms with E-state index in [1.807, 2.05) is 0 Å². The topological polar surface area (TPSA) is 68.4 Å². The summed E-state index contributed by atoms with van der Waals surface area (Å²) in [7, 11) is 0. The highest BCUT2D eigenvalue weighted by molar-refractivity contribution is 5.55. The second-order valence-electron chi connectivity index (χ2n) is 4.96. The van der Waals surface area contributed by atoms with Gasteiger partial charge in [-0.1, -0.05) is 17.3 Å². The molecule has 1 aromatic heterocycles. The van der Waals surface area contributed by atoms with Crippen molar-refractivity contribution in [1.82, 2.24) is 10.1 Å². The molecule has 2 heterocycles.